The summed E-state index contributed by atoms with van der Waals surface area (Å²) in [7, 11) is 2.88. The Morgan fingerprint density at radius 3 is 2.39 bits per heavy atom. The molecule has 0 N–H and O–H groups in total. The van der Waals surface area contributed by atoms with Crippen molar-refractivity contribution in [1.82, 2.24) is 9.91 Å². The fourth-order valence-corrected chi connectivity index (χ4v) is 2.88. The lowest BCUT2D eigenvalue weighted by Gasteiger charge is -2.33. The highest BCUT2D eigenvalue weighted by atomic mass is 19.3. The number of rotatable bonds is 4. The molecule has 7 heteroatoms. The fraction of sp³-hybridized carbons (Fsp3) is 0.438. The number of amides is 1. The molecule has 4 nitrogen and oxygen atoms in total. The van der Waals surface area contributed by atoms with Crippen LogP contribution in [0.2, 0.25) is 0 Å². The summed E-state index contributed by atoms with van der Waals surface area (Å²) in [5, 5.41) is 2.12. The topological polar surface area (TPSA) is 26.8 Å². The highest BCUT2D eigenvalue weighted by Gasteiger charge is 2.48. The first-order valence-corrected chi connectivity index (χ1v) is 7.46. The number of hydrogen-bond donors (Lipinski definition) is 0. The van der Waals surface area contributed by atoms with E-state index in [1.165, 1.54) is 19.0 Å². The van der Waals surface area contributed by atoms with Crippen LogP contribution in [0.15, 0.2) is 41.9 Å². The second-order valence-electron chi connectivity index (χ2n) is 5.83. The number of nitrogens with zero attached hydrogens (tertiary/aromatic N) is 3. The Morgan fingerprint density at radius 2 is 1.87 bits per heavy atom. The van der Waals surface area contributed by atoms with E-state index in [4.69, 9.17) is 0 Å². The monoisotopic (exact) mass is 325 g/mol. The molecule has 0 saturated heterocycles. The number of likely N-dealkylation sites (N-methyl/N-ethyl adjacent to an activating group) is 1. The first-order valence-electron chi connectivity index (χ1n) is 7.46. The second-order valence-corrected chi connectivity index (χ2v) is 5.83. The third-order valence-electron chi connectivity index (χ3n) is 4.29. The summed E-state index contributed by atoms with van der Waals surface area (Å²) in [6, 6.07) is 6.72. The molecule has 3 rings (SSSR count). The van der Waals surface area contributed by atoms with Crippen LogP contribution in [0, 0.1) is 0 Å². The van der Waals surface area contributed by atoms with E-state index in [-0.39, 0.29) is 6.04 Å². The molecular weight excluding hydrogens is 307 g/mol. The Morgan fingerprint density at radius 1 is 1.26 bits per heavy atom. The summed E-state index contributed by atoms with van der Waals surface area (Å²) in [5.41, 5.74) is -0.0620. The summed E-state index contributed by atoms with van der Waals surface area (Å²) in [4.78, 5) is 13.9. The number of para-hydroxylation sites is 1. The van der Waals surface area contributed by atoms with Crippen LogP contribution in [0.3, 0.4) is 0 Å². The van der Waals surface area contributed by atoms with Crippen molar-refractivity contribution < 1.29 is 18.0 Å². The molecule has 0 bridgehead atoms. The van der Waals surface area contributed by atoms with Crippen molar-refractivity contribution in [3.05, 3.63) is 41.9 Å². The Labute approximate surface area is 132 Å². The number of alkyl halides is 2. The molecule has 1 aliphatic carbocycles. The van der Waals surface area contributed by atoms with Crippen LogP contribution in [0.25, 0.3) is 0 Å². The maximum atomic E-state index is 14.6. The molecule has 1 aromatic carbocycles. The van der Waals surface area contributed by atoms with E-state index >= 15 is 0 Å². The van der Waals surface area contributed by atoms with Gasteiger partial charge in [-0.15, -0.1) is 0 Å². The normalized spacial score (nSPS) is 21.4. The minimum atomic E-state index is -2.89. The third kappa shape index (κ3) is 2.64. The van der Waals surface area contributed by atoms with Gasteiger partial charge in [-0.3, -0.25) is 14.8 Å². The average molecular weight is 325 g/mol. The van der Waals surface area contributed by atoms with E-state index in [1.807, 2.05) is 0 Å². The first kappa shape index (κ1) is 15.7. The lowest BCUT2D eigenvalue weighted by molar-refractivity contribution is -0.127. The summed E-state index contributed by atoms with van der Waals surface area (Å²) >= 11 is 0. The van der Waals surface area contributed by atoms with Gasteiger partial charge in [-0.1, -0.05) is 18.2 Å². The molecule has 23 heavy (non-hydrogen) atoms. The van der Waals surface area contributed by atoms with E-state index < -0.39 is 29.9 Å². The van der Waals surface area contributed by atoms with Crippen molar-refractivity contribution in [2.75, 3.05) is 19.1 Å². The molecule has 1 amide bonds. The highest BCUT2D eigenvalue weighted by molar-refractivity contribution is 5.97. The Hall–Kier alpha value is -2.18. The second kappa shape index (κ2) is 5.79. The summed E-state index contributed by atoms with van der Waals surface area (Å²) in [6.45, 7) is 0. The van der Waals surface area contributed by atoms with E-state index in [9.17, 15) is 18.0 Å². The van der Waals surface area contributed by atoms with Gasteiger partial charge in [-0.2, -0.15) is 4.39 Å². The van der Waals surface area contributed by atoms with Gasteiger partial charge in [-0.25, -0.2) is 8.78 Å². The molecule has 1 saturated carbocycles. The standard InChI is InChI=1S/C16H18F3N3O/c1-20(10-8-9-10)16(23)12-13(14(17)18)22(21(2)15(12)19)11-6-4-3-5-7-11/h3-7,10,13-14H,8-9H2,1-2H3. The van der Waals surface area contributed by atoms with Crippen LogP contribution >= 0.6 is 0 Å². The van der Waals surface area contributed by atoms with E-state index in [1.54, 1.807) is 30.3 Å². The van der Waals surface area contributed by atoms with Gasteiger partial charge in [0.05, 0.1) is 5.69 Å². The highest BCUT2D eigenvalue weighted by Crippen LogP contribution is 2.38. The van der Waals surface area contributed by atoms with Crippen molar-refractivity contribution >= 4 is 11.6 Å². The lowest BCUT2D eigenvalue weighted by atomic mass is 10.1. The average Bonchev–Trinajstić information content (AvgIpc) is 3.34. The Balaban J connectivity index is 1.98. The van der Waals surface area contributed by atoms with Gasteiger partial charge >= 0.3 is 0 Å². The molecular formula is C16H18F3N3O. The summed E-state index contributed by atoms with van der Waals surface area (Å²) < 4.78 is 42.0. The van der Waals surface area contributed by atoms with Crippen LogP contribution < -0.4 is 5.01 Å². The van der Waals surface area contributed by atoms with Gasteiger partial charge in [0.2, 0.25) is 5.95 Å². The maximum absolute atomic E-state index is 14.6. The number of carbonyl (C=O) groups excluding carboxylic acids is 1. The van der Waals surface area contributed by atoms with Crippen LogP contribution in [0.5, 0.6) is 0 Å². The summed E-state index contributed by atoms with van der Waals surface area (Å²) in [5.74, 6) is -1.59. The third-order valence-corrected chi connectivity index (χ3v) is 4.29. The molecule has 1 heterocycles. The number of benzene rings is 1. The van der Waals surface area contributed by atoms with Crippen LogP contribution in [-0.2, 0) is 4.79 Å². The molecule has 1 fully saturated rings. The molecule has 0 aromatic heterocycles. The minimum Gasteiger partial charge on any atom is -0.339 e. The van der Waals surface area contributed by atoms with Crippen LogP contribution in [-0.4, -0.2) is 48.4 Å². The number of hydrazine groups is 1. The molecule has 1 aliphatic heterocycles. The molecule has 2 aliphatic rings. The lowest BCUT2D eigenvalue weighted by Crippen LogP contribution is -2.46. The number of hydrogen-bond acceptors (Lipinski definition) is 3. The van der Waals surface area contributed by atoms with Gasteiger partial charge in [0.25, 0.3) is 12.3 Å². The number of carbonyl (C=O) groups is 1. The maximum Gasteiger partial charge on any atom is 0.265 e. The zero-order valence-corrected chi connectivity index (χ0v) is 12.9. The van der Waals surface area contributed by atoms with E-state index in [0.29, 0.717) is 5.69 Å². The van der Waals surface area contributed by atoms with Gasteiger partial charge < -0.3 is 4.90 Å². The van der Waals surface area contributed by atoms with Gasteiger partial charge in [0, 0.05) is 20.1 Å². The van der Waals surface area contributed by atoms with E-state index in [0.717, 1.165) is 22.9 Å². The number of anilines is 1. The quantitative estimate of drug-likeness (QED) is 0.797. The molecule has 0 radical (unpaired) electrons. The van der Waals surface area contributed by atoms with Gasteiger partial charge in [0.15, 0.2) is 0 Å². The van der Waals surface area contributed by atoms with Crippen molar-refractivity contribution in [1.29, 1.82) is 0 Å². The Bertz CT molecular complexity index is 631. The predicted molar refractivity (Wildman–Crippen MR) is 80.4 cm³/mol. The van der Waals surface area contributed by atoms with Crippen molar-refractivity contribution in [2.45, 2.75) is 31.4 Å². The minimum absolute atomic E-state index is 0.0252. The smallest absolute Gasteiger partial charge is 0.265 e. The number of halogens is 3. The summed E-state index contributed by atoms with van der Waals surface area (Å²) in [6.07, 6.45) is -1.24. The fourth-order valence-electron chi connectivity index (χ4n) is 2.88. The first-order chi connectivity index (χ1) is 10.9. The molecule has 124 valence electrons. The van der Waals surface area contributed by atoms with Crippen LogP contribution in [0.1, 0.15) is 12.8 Å². The van der Waals surface area contributed by atoms with Gasteiger partial charge in [0.1, 0.15) is 11.6 Å². The van der Waals surface area contributed by atoms with E-state index in [2.05, 4.69) is 0 Å². The van der Waals surface area contributed by atoms with Crippen LogP contribution in [0.4, 0.5) is 18.9 Å². The molecule has 1 unspecified atom stereocenters. The van der Waals surface area contributed by atoms with Crippen molar-refractivity contribution in [3.8, 4) is 0 Å². The molecule has 1 aromatic rings. The van der Waals surface area contributed by atoms with Gasteiger partial charge in [-0.05, 0) is 25.0 Å². The zero-order chi connectivity index (χ0) is 16.7. The SMILES string of the molecule is CN(C(=O)C1=C(F)N(C)N(c2ccccc2)C1C(F)F)C1CC1. The zero-order valence-electron chi connectivity index (χ0n) is 12.9. The predicted octanol–water partition coefficient (Wildman–Crippen LogP) is 2.79. The van der Waals surface area contributed by atoms with Crippen molar-refractivity contribution in [3.63, 3.8) is 0 Å². The Kier molecular flexibility index (Phi) is 3.95. The van der Waals surface area contributed by atoms with Crippen molar-refractivity contribution in [2.24, 2.45) is 0 Å². The largest absolute Gasteiger partial charge is 0.339 e. The molecule has 0 spiro atoms. The molecule has 1 atom stereocenters.